The van der Waals surface area contributed by atoms with Crippen molar-refractivity contribution in [3.63, 3.8) is 0 Å². The van der Waals surface area contributed by atoms with Gasteiger partial charge in [0.25, 0.3) is 0 Å². The summed E-state index contributed by atoms with van der Waals surface area (Å²) >= 11 is 0. The molecule has 0 spiro atoms. The molecule has 19 heavy (non-hydrogen) atoms. The Bertz CT molecular complexity index is 412. The number of aryl methyl sites for hydroxylation is 1. The molecule has 1 fully saturated rings. The highest BCUT2D eigenvalue weighted by Crippen LogP contribution is 2.30. The summed E-state index contributed by atoms with van der Waals surface area (Å²) in [5, 5.41) is 8.41. The fourth-order valence-corrected chi connectivity index (χ4v) is 3.29. The fourth-order valence-electron chi connectivity index (χ4n) is 3.29. The summed E-state index contributed by atoms with van der Waals surface area (Å²) in [6.45, 7) is 11.0. The molecule has 1 N–H and O–H groups in total. The van der Waals surface area contributed by atoms with Crippen LogP contribution in [0.5, 0.6) is 0 Å². The number of hydrogen-bond acceptors (Lipinski definition) is 2. The van der Waals surface area contributed by atoms with Gasteiger partial charge in [-0.1, -0.05) is 13.3 Å². The molecular weight excluding hydrogens is 234 g/mol. The summed E-state index contributed by atoms with van der Waals surface area (Å²) < 4.78 is 2.13. The third-order valence-corrected chi connectivity index (χ3v) is 4.59. The van der Waals surface area contributed by atoms with Gasteiger partial charge in [-0.3, -0.25) is 4.68 Å². The molecule has 0 radical (unpaired) electrons. The monoisotopic (exact) mass is 263 g/mol. The third-order valence-electron chi connectivity index (χ3n) is 4.59. The lowest BCUT2D eigenvalue weighted by molar-refractivity contribution is 0.330. The van der Waals surface area contributed by atoms with Crippen molar-refractivity contribution in [1.29, 1.82) is 0 Å². The second kappa shape index (κ2) is 5.98. The summed E-state index contributed by atoms with van der Waals surface area (Å²) in [5.74, 6) is 0.957. The van der Waals surface area contributed by atoms with E-state index in [4.69, 9.17) is 0 Å². The maximum absolute atomic E-state index is 4.66. The van der Waals surface area contributed by atoms with E-state index in [9.17, 15) is 0 Å². The molecule has 2 rings (SSSR count). The zero-order valence-electron chi connectivity index (χ0n) is 13.2. The molecule has 0 saturated heterocycles. The molecule has 0 aromatic carbocycles. The van der Waals surface area contributed by atoms with E-state index in [-0.39, 0.29) is 0 Å². The quantitative estimate of drug-likeness (QED) is 0.869. The molecular formula is C16H29N3. The molecule has 0 aliphatic heterocycles. The summed E-state index contributed by atoms with van der Waals surface area (Å²) in [6.07, 6.45) is 6.72. The van der Waals surface area contributed by atoms with E-state index in [2.05, 4.69) is 49.7 Å². The highest BCUT2D eigenvalue weighted by atomic mass is 15.3. The normalized spacial score (nSPS) is 23.9. The predicted octanol–water partition coefficient (Wildman–Crippen LogP) is 4.46. The molecule has 1 aromatic heterocycles. The van der Waals surface area contributed by atoms with E-state index >= 15 is 0 Å². The molecule has 0 atom stereocenters. The average molecular weight is 263 g/mol. The molecule has 0 bridgehead atoms. The van der Waals surface area contributed by atoms with Crippen LogP contribution in [-0.4, -0.2) is 15.8 Å². The van der Waals surface area contributed by atoms with Crippen molar-refractivity contribution in [3.05, 3.63) is 11.4 Å². The zero-order valence-corrected chi connectivity index (χ0v) is 13.2. The smallest absolute Gasteiger partial charge is 0.0828 e. The van der Waals surface area contributed by atoms with E-state index in [0.717, 1.165) is 11.6 Å². The van der Waals surface area contributed by atoms with Crippen LogP contribution < -0.4 is 5.32 Å². The van der Waals surface area contributed by atoms with E-state index in [1.165, 1.54) is 43.5 Å². The third kappa shape index (κ3) is 3.13. The standard InChI is InChI=1S/C16H29N3/c1-6-14-7-9-15(10-8-14)17-16-12(4)18-19(11(2)3)13(16)5/h11,14-15,17H,6-10H2,1-5H3. The summed E-state index contributed by atoms with van der Waals surface area (Å²) in [6, 6.07) is 1.08. The zero-order chi connectivity index (χ0) is 14.0. The first-order valence-corrected chi connectivity index (χ1v) is 7.85. The molecule has 1 aliphatic carbocycles. The van der Waals surface area contributed by atoms with Crippen molar-refractivity contribution in [1.82, 2.24) is 9.78 Å². The van der Waals surface area contributed by atoms with Crippen molar-refractivity contribution in [2.24, 2.45) is 5.92 Å². The Balaban J connectivity index is 2.04. The lowest BCUT2D eigenvalue weighted by Gasteiger charge is -2.29. The van der Waals surface area contributed by atoms with Crippen LogP contribution in [0, 0.1) is 19.8 Å². The first-order valence-electron chi connectivity index (χ1n) is 7.85. The molecule has 1 heterocycles. The minimum Gasteiger partial charge on any atom is -0.379 e. The van der Waals surface area contributed by atoms with Crippen LogP contribution in [0.1, 0.15) is 70.3 Å². The lowest BCUT2D eigenvalue weighted by atomic mass is 9.84. The minimum absolute atomic E-state index is 0.435. The molecule has 1 saturated carbocycles. The number of hydrogen-bond donors (Lipinski definition) is 1. The molecule has 0 amide bonds. The second-order valence-corrected chi connectivity index (χ2v) is 6.35. The molecule has 1 aromatic rings. The van der Waals surface area contributed by atoms with E-state index in [1.54, 1.807) is 0 Å². The Labute approximate surface area is 117 Å². The summed E-state index contributed by atoms with van der Waals surface area (Å²) in [4.78, 5) is 0. The van der Waals surface area contributed by atoms with Gasteiger partial charge in [0.05, 0.1) is 17.1 Å². The molecule has 0 unspecified atom stereocenters. The molecule has 3 nitrogen and oxygen atoms in total. The Kier molecular flexibility index (Phi) is 4.54. The van der Waals surface area contributed by atoms with Crippen LogP contribution in [0.2, 0.25) is 0 Å². The summed E-state index contributed by atoms with van der Waals surface area (Å²) in [7, 11) is 0. The number of nitrogens with one attached hydrogen (secondary N) is 1. The number of anilines is 1. The lowest BCUT2D eigenvalue weighted by Crippen LogP contribution is -2.26. The van der Waals surface area contributed by atoms with Crippen LogP contribution in [0.25, 0.3) is 0 Å². The van der Waals surface area contributed by atoms with Crippen LogP contribution in [0.3, 0.4) is 0 Å². The fraction of sp³-hybridized carbons (Fsp3) is 0.812. The van der Waals surface area contributed by atoms with Gasteiger partial charge in [0.15, 0.2) is 0 Å². The van der Waals surface area contributed by atoms with Gasteiger partial charge < -0.3 is 5.32 Å². The van der Waals surface area contributed by atoms with Crippen molar-refractivity contribution in [3.8, 4) is 0 Å². The number of aromatic nitrogens is 2. The topological polar surface area (TPSA) is 29.9 Å². The number of rotatable bonds is 4. The van der Waals surface area contributed by atoms with Gasteiger partial charge in [-0.05, 0) is 59.3 Å². The maximum Gasteiger partial charge on any atom is 0.0828 e. The van der Waals surface area contributed by atoms with Crippen LogP contribution in [-0.2, 0) is 0 Å². The minimum atomic E-state index is 0.435. The Morgan fingerprint density at radius 3 is 2.32 bits per heavy atom. The van der Waals surface area contributed by atoms with Gasteiger partial charge in [-0.15, -0.1) is 0 Å². The summed E-state index contributed by atoms with van der Waals surface area (Å²) in [5.41, 5.74) is 3.70. The highest BCUT2D eigenvalue weighted by Gasteiger charge is 2.22. The van der Waals surface area contributed by atoms with Crippen molar-refractivity contribution in [2.45, 2.75) is 78.8 Å². The largest absolute Gasteiger partial charge is 0.379 e. The van der Waals surface area contributed by atoms with E-state index in [1.807, 2.05) is 0 Å². The first-order chi connectivity index (χ1) is 9.02. The molecule has 1 aliphatic rings. The SMILES string of the molecule is CCC1CCC(Nc2c(C)nn(C(C)C)c2C)CC1. The highest BCUT2D eigenvalue weighted by molar-refractivity contribution is 5.53. The van der Waals surface area contributed by atoms with Crippen LogP contribution in [0.4, 0.5) is 5.69 Å². The van der Waals surface area contributed by atoms with Crippen LogP contribution in [0.15, 0.2) is 0 Å². The van der Waals surface area contributed by atoms with Crippen molar-refractivity contribution < 1.29 is 0 Å². The first kappa shape index (κ1) is 14.4. The van der Waals surface area contributed by atoms with Gasteiger partial charge in [0.2, 0.25) is 0 Å². The van der Waals surface area contributed by atoms with E-state index in [0.29, 0.717) is 12.1 Å². The van der Waals surface area contributed by atoms with Crippen molar-refractivity contribution >= 4 is 5.69 Å². The Hall–Kier alpha value is -0.990. The Morgan fingerprint density at radius 2 is 1.84 bits per heavy atom. The Morgan fingerprint density at radius 1 is 1.21 bits per heavy atom. The van der Waals surface area contributed by atoms with E-state index < -0.39 is 0 Å². The van der Waals surface area contributed by atoms with Gasteiger partial charge in [-0.2, -0.15) is 5.10 Å². The van der Waals surface area contributed by atoms with Gasteiger partial charge >= 0.3 is 0 Å². The molecule has 108 valence electrons. The average Bonchev–Trinajstić information content (AvgIpc) is 2.68. The van der Waals surface area contributed by atoms with Crippen molar-refractivity contribution in [2.75, 3.05) is 5.32 Å². The van der Waals surface area contributed by atoms with Gasteiger partial charge in [-0.25, -0.2) is 0 Å². The van der Waals surface area contributed by atoms with Gasteiger partial charge in [0.1, 0.15) is 0 Å². The van der Waals surface area contributed by atoms with Crippen LogP contribution >= 0.6 is 0 Å². The number of nitrogens with zero attached hydrogens (tertiary/aromatic N) is 2. The maximum atomic E-state index is 4.66. The van der Waals surface area contributed by atoms with Gasteiger partial charge in [0, 0.05) is 12.1 Å². The molecule has 3 heteroatoms. The predicted molar refractivity (Wildman–Crippen MR) is 81.7 cm³/mol. The second-order valence-electron chi connectivity index (χ2n) is 6.35.